The Labute approximate surface area is 204 Å². The van der Waals surface area contributed by atoms with Crippen molar-refractivity contribution in [2.24, 2.45) is 0 Å². The molecule has 5 heteroatoms. The van der Waals surface area contributed by atoms with Crippen molar-refractivity contribution in [3.63, 3.8) is 0 Å². The maximum Gasteiger partial charge on any atom is 4.00 e. The first-order valence-electron chi connectivity index (χ1n) is 9.42. The fourth-order valence-electron chi connectivity index (χ4n) is 5.11. The van der Waals surface area contributed by atoms with Gasteiger partial charge in [0.1, 0.15) is 0 Å². The number of halogens is 3. The van der Waals surface area contributed by atoms with Crippen molar-refractivity contribution in [1.29, 1.82) is 0 Å². The molecule has 148 valence electrons. The van der Waals surface area contributed by atoms with Crippen LogP contribution in [0.2, 0.25) is 12.1 Å². The summed E-state index contributed by atoms with van der Waals surface area (Å²) in [6, 6.07) is 22.9. The average molecular weight is 486 g/mol. The van der Waals surface area contributed by atoms with Gasteiger partial charge in [-0.25, -0.2) is 0 Å². The van der Waals surface area contributed by atoms with Crippen molar-refractivity contribution >= 4 is 29.2 Å². The normalized spacial score (nSPS) is 15.9. The Morgan fingerprint density at radius 2 is 1.39 bits per heavy atom. The van der Waals surface area contributed by atoms with Crippen LogP contribution in [0, 0.1) is 6.92 Å². The van der Waals surface area contributed by atoms with E-state index in [9.17, 15) is 0 Å². The SMILES string of the molecule is Cc1[cH-]c2ccccc2c1[Si](C)(c1ccccc1)C1CCCCC1.[Cl-].[Cl-].[Cl-].[Ti+4]. The molecule has 1 unspecified atom stereocenters. The molecule has 0 nitrogen and oxygen atoms in total. The minimum atomic E-state index is -1.76. The van der Waals surface area contributed by atoms with E-state index >= 15 is 0 Å². The molecule has 1 aliphatic rings. The standard InChI is InChI=1S/C23H27Si.3ClH.Ti/c1-18-17-19-11-9-10-16-22(19)23(18)24(2,20-12-5-3-6-13-20)21-14-7-4-8-15-21;;;;/h3,5-6,9-13,16-17,21H,4,7-8,14-15H2,1-2H3;3*1H;/q-1;;;;+4/p-3. The molecule has 0 spiro atoms. The van der Waals surface area contributed by atoms with Gasteiger partial charge in [-0.05, 0) is 5.54 Å². The van der Waals surface area contributed by atoms with Crippen molar-refractivity contribution in [1.82, 2.24) is 0 Å². The maximum atomic E-state index is 2.65. The van der Waals surface area contributed by atoms with Gasteiger partial charge in [-0.1, -0.05) is 87.2 Å². The molecular formula is C23H27Cl3SiTi. The first-order chi connectivity index (χ1) is 11.7. The van der Waals surface area contributed by atoms with E-state index in [1.165, 1.54) is 48.4 Å². The van der Waals surface area contributed by atoms with Crippen LogP contribution in [0.5, 0.6) is 0 Å². The van der Waals surface area contributed by atoms with Gasteiger partial charge < -0.3 is 37.2 Å². The van der Waals surface area contributed by atoms with Crippen molar-refractivity contribution in [3.8, 4) is 0 Å². The minimum absolute atomic E-state index is 0. The monoisotopic (exact) mass is 484 g/mol. The second-order valence-electron chi connectivity index (χ2n) is 7.69. The molecule has 0 saturated heterocycles. The van der Waals surface area contributed by atoms with Crippen molar-refractivity contribution in [3.05, 3.63) is 66.2 Å². The number of hydrogen-bond donors (Lipinski definition) is 0. The van der Waals surface area contributed by atoms with Crippen LogP contribution in [0.1, 0.15) is 37.7 Å². The Kier molecular flexibility index (Phi) is 11.8. The number of hydrogen-bond acceptors (Lipinski definition) is 0. The van der Waals surface area contributed by atoms with E-state index in [1.807, 2.05) is 0 Å². The van der Waals surface area contributed by atoms with Crippen LogP contribution in [-0.4, -0.2) is 8.07 Å². The second-order valence-corrected chi connectivity index (χ2v) is 12.0. The molecule has 0 heterocycles. The summed E-state index contributed by atoms with van der Waals surface area (Å²) in [4.78, 5) is 0. The minimum Gasteiger partial charge on any atom is -1.00 e. The summed E-state index contributed by atoms with van der Waals surface area (Å²) in [5.41, 5.74) is 2.39. The quantitative estimate of drug-likeness (QED) is 0.266. The van der Waals surface area contributed by atoms with Gasteiger partial charge in [0.2, 0.25) is 0 Å². The number of fused-ring (bicyclic) bond motifs is 1. The molecule has 4 rings (SSSR count). The van der Waals surface area contributed by atoms with Gasteiger partial charge in [-0.3, -0.25) is 0 Å². The molecule has 0 aromatic heterocycles. The summed E-state index contributed by atoms with van der Waals surface area (Å²) in [7, 11) is -1.76. The zero-order valence-corrected chi connectivity index (χ0v) is 21.3. The maximum absolute atomic E-state index is 2.65. The molecular weight excluding hydrogens is 459 g/mol. The first-order valence-corrected chi connectivity index (χ1v) is 12.0. The molecule has 1 aliphatic carbocycles. The summed E-state index contributed by atoms with van der Waals surface area (Å²) in [6.45, 7) is 4.99. The Hall–Kier alpha value is -0.149. The zero-order valence-electron chi connectivity index (χ0n) is 16.5. The van der Waals surface area contributed by atoms with Crippen molar-refractivity contribution in [2.45, 2.75) is 51.1 Å². The summed E-state index contributed by atoms with van der Waals surface area (Å²) >= 11 is 0. The summed E-state index contributed by atoms with van der Waals surface area (Å²) in [6.07, 6.45) is 7.08. The molecule has 0 bridgehead atoms. The summed E-state index contributed by atoms with van der Waals surface area (Å²) < 4.78 is 0. The van der Waals surface area contributed by atoms with Crippen LogP contribution in [-0.2, 0) is 21.7 Å². The largest absolute Gasteiger partial charge is 4.00 e. The third-order valence-corrected chi connectivity index (χ3v) is 11.8. The van der Waals surface area contributed by atoms with Crippen LogP contribution < -0.4 is 47.6 Å². The Morgan fingerprint density at radius 1 is 0.821 bits per heavy atom. The third kappa shape index (κ3) is 4.94. The average Bonchev–Trinajstić information content (AvgIpc) is 2.99. The van der Waals surface area contributed by atoms with Crippen LogP contribution >= 0.6 is 0 Å². The fraction of sp³-hybridized carbons (Fsp3) is 0.348. The van der Waals surface area contributed by atoms with Gasteiger partial charge in [-0.15, -0.1) is 45.8 Å². The molecule has 0 aliphatic heterocycles. The Bertz CT molecular complexity index is 843. The third-order valence-electron chi connectivity index (χ3n) is 6.31. The van der Waals surface area contributed by atoms with Crippen LogP contribution in [0.3, 0.4) is 0 Å². The second kappa shape index (κ2) is 11.9. The zero-order chi connectivity index (χ0) is 16.6. The van der Waals surface area contributed by atoms with E-state index in [0.29, 0.717) is 0 Å². The van der Waals surface area contributed by atoms with E-state index in [-0.39, 0.29) is 58.9 Å². The van der Waals surface area contributed by atoms with Crippen molar-refractivity contribution < 1.29 is 58.9 Å². The van der Waals surface area contributed by atoms with E-state index in [4.69, 9.17) is 0 Å². The van der Waals surface area contributed by atoms with Crippen LogP contribution in [0.25, 0.3) is 10.8 Å². The smallest absolute Gasteiger partial charge is 1.00 e. The summed E-state index contributed by atoms with van der Waals surface area (Å²) in [5.74, 6) is 0. The van der Waals surface area contributed by atoms with E-state index in [0.717, 1.165) is 5.54 Å². The molecule has 0 N–H and O–H groups in total. The molecule has 1 atom stereocenters. The molecule has 1 fully saturated rings. The van der Waals surface area contributed by atoms with Gasteiger partial charge in [0.15, 0.2) is 0 Å². The van der Waals surface area contributed by atoms with Gasteiger partial charge >= 0.3 is 21.7 Å². The predicted octanol–water partition coefficient (Wildman–Crippen LogP) is -3.60. The topological polar surface area (TPSA) is 0 Å². The Balaban J connectivity index is 0.00000182. The van der Waals surface area contributed by atoms with Crippen LogP contribution in [0.4, 0.5) is 0 Å². The van der Waals surface area contributed by atoms with E-state index < -0.39 is 8.07 Å². The number of rotatable bonds is 3. The van der Waals surface area contributed by atoms with E-state index in [1.54, 1.807) is 10.4 Å². The van der Waals surface area contributed by atoms with Gasteiger partial charge in [0, 0.05) is 0 Å². The van der Waals surface area contributed by atoms with Gasteiger partial charge in [0.25, 0.3) is 0 Å². The summed E-state index contributed by atoms with van der Waals surface area (Å²) in [5, 5.41) is 6.27. The molecule has 3 aromatic carbocycles. The first kappa shape index (κ1) is 27.9. The van der Waals surface area contributed by atoms with Gasteiger partial charge in [0.05, 0.1) is 8.07 Å². The van der Waals surface area contributed by atoms with Gasteiger partial charge in [-0.2, -0.15) is 0 Å². The molecule has 0 amide bonds. The fourth-order valence-corrected chi connectivity index (χ4v) is 10.4. The van der Waals surface area contributed by atoms with Crippen LogP contribution in [0.15, 0.2) is 60.7 Å². The number of aryl methyl sites for hydroxylation is 1. The Morgan fingerprint density at radius 3 is 2.04 bits per heavy atom. The van der Waals surface area contributed by atoms with E-state index in [2.05, 4.69) is 74.1 Å². The molecule has 3 aromatic rings. The predicted molar refractivity (Wildman–Crippen MR) is 108 cm³/mol. The molecule has 0 radical (unpaired) electrons. The molecule has 1 saturated carbocycles. The molecule has 28 heavy (non-hydrogen) atoms. The van der Waals surface area contributed by atoms with Crippen molar-refractivity contribution in [2.75, 3.05) is 0 Å². The number of benzene rings is 2.